The average molecular weight is 366 g/mol. The monoisotopic (exact) mass is 365 g/mol. The number of benzene rings is 2. The molecular formula is C18H17Cl2NO3. The second-order valence-electron chi connectivity index (χ2n) is 6.06. The van der Waals surface area contributed by atoms with Crippen LogP contribution in [0.4, 0.5) is 0 Å². The van der Waals surface area contributed by atoms with Gasteiger partial charge in [-0.05, 0) is 49.7 Å². The van der Waals surface area contributed by atoms with E-state index in [1.165, 1.54) is 0 Å². The summed E-state index contributed by atoms with van der Waals surface area (Å²) in [5.41, 5.74) is 0.674. The number of ether oxygens (including phenoxy) is 2. The minimum absolute atomic E-state index is 0.267. The van der Waals surface area contributed by atoms with Crippen LogP contribution >= 0.6 is 23.2 Å². The quantitative estimate of drug-likeness (QED) is 0.874. The van der Waals surface area contributed by atoms with Gasteiger partial charge in [-0.1, -0.05) is 29.3 Å². The number of carbonyl (C=O) groups excluding carboxylic acids is 1. The lowest BCUT2D eigenvalue weighted by Crippen LogP contribution is -2.41. The van der Waals surface area contributed by atoms with Gasteiger partial charge in [0.2, 0.25) is 0 Å². The van der Waals surface area contributed by atoms with Crippen molar-refractivity contribution >= 4 is 29.1 Å². The molecule has 0 atom stereocenters. The van der Waals surface area contributed by atoms with Gasteiger partial charge >= 0.3 is 0 Å². The van der Waals surface area contributed by atoms with Gasteiger partial charge in [0.1, 0.15) is 13.2 Å². The summed E-state index contributed by atoms with van der Waals surface area (Å²) in [6, 6.07) is 10.5. The van der Waals surface area contributed by atoms with Crippen LogP contribution in [-0.4, -0.2) is 19.1 Å². The fourth-order valence-electron chi connectivity index (χ4n) is 2.53. The average Bonchev–Trinajstić information content (AvgIpc) is 2.53. The third-order valence-electron chi connectivity index (χ3n) is 3.87. The fourth-order valence-corrected chi connectivity index (χ4v) is 3.02. The van der Waals surface area contributed by atoms with Crippen LogP contribution in [0.25, 0.3) is 0 Å². The molecule has 24 heavy (non-hydrogen) atoms. The zero-order valence-electron chi connectivity index (χ0n) is 13.4. The number of rotatable bonds is 3. The third-order valence-corrected chi connectivity index (χ3v) is 4.41. The van der Waals surface area contributed by atoms with Crippen molar-refractivity contribution in [3.63, 3.8) is 0 Å². The first-order chi connectivity index (χ1) is 11.4. The molecule has 126 valence electrons. The van der Waals surface area contributed by atoms with Crippen LogP contribution in [0.5, 0.6) is 11.5 Å². The number of hydrogen-bond donors (Lipinski definition) is 1. The first kappa shape index (κ1) is 16.9. The molecule has 0 aliphatic carbocycles. The summed E-state index contributed by atoms with van der Waals surface area (Å²) in [5.74, 6) is 1.13. The van der Waals surface area contributed by atoms with Gasteiger partial charge in [-0.2, -0.15) is 0 Å². The Bertz CT molecular complexity index is 790. The van der Waals surface area contributed by atoms with Crippen LogP contribution < -0.4 is 14.8 Å². The summed E-state index contributed by atoms with van der Waals surface area (Å²) >= 11 is 12.0. The fraction of sp³-hybridized carbons (Fsp3) is 0.278. The number of nitrogens with one attached hydrogen (secondary N) is 1. The molecule has 6 heteroatoms. The van der Waals surface area contributed by atoms with Crippen LogP contribution in [0.15, 0.2) is 36.4 Å². The summed E-state index contributed by atoms with van der Waals surface area (Å²) in [4.78, 5) is 12.6. The third kappa shape index (κ3) is 3.45. The molecular weight excluding hydrogens is 349 g/mol. The van der Waals surface area contributed by atoms with Crippen molar-refractivity contribution in [2.45, 2.75) is 19.4 Å². The van der Waals surface area contributed by atoms with Gasteiger partial charge in [-0.3, -0.25) is 4.79 Å². The standard InChI is InChI=1S/C18H17Cl2NO3/c1-18(2,11-3-6-15-16(9-11)24-8-7-23-15)21-17(22)13-5-4-12(19)10-14(13)20/h3-6,9-10H,7-8H2,1-2H3,(H,21,22). The Balaban J connectivity index is 1.84. The smallest absolute Gasteiger partial charge is 0.253 e. The molecule has 0 fully saturated rings. The van der Waals surface area contributed by atoms with Crippen molar-refractivity contribution in [3.8, 4) is 11.5 Å². The second kappa shape index (κ2) is 6.54. The Hall–Kier alpha value is -1.91. The summed E-state index contributed by atoms with van der Waals surface area (Å²) in [6.07, 6.45) is 0. The largest absolute Gasteiger partial charge is 0.486 e. The molecule has 0 unspecified atom stereocenters. The van der Waals surface area contributed by atoms with Crippen molar-refractivity contribution in [3.05, 3.63) is 57.6 Å². The topological polar surface area (TPSA) is 47.6 Å². The van der Waals surface area contributed by atoms with E-state index >= 15 is 0 Å². The molecule has 1 aliphatic rings. The molecule has 1 aliphatic heterocycles. The van der Waals surface area contributed by atoms with E-state index in [0.717, 1.165) is 5.56 Å². The van der Waals surface area contributed by atoms with Gasteiger partial charge in [0.15, 0.2) is 11.5 Å². The summed E-state index contributed by atoms with van der Waals surface area (Å²) in [7, 11) is 0. The minimum atomic E-state index is -0.615. The van der Waals surface area contributed by atoms with Crippen molar-refractivity contribution < 1.29 is 14.3 Å². The van der Waals surface area contributed by atoms with Gasteiger partial charge in [0, 0.05) is 5.02 Å². The molecule has 1 N–H and O–H groups in total. The van der Waals surface area contributed by atoms with Crippen molar-refractivity contribution in [1.82, 2.24) is 5.32 Å². The maximum atomic E-state index is 12.6. The number of hydrogen-bond acceptors (Lipinski definition) is 3. The van der Waals surface area contributed by atoms with Gasteiger partial charge in [-0.25, -0.2) is 0 Å². The van der Waals surface area contributed by atoms with Crippen LogP contribution in [-0.2, 0) is 5.54 Å². The van der Waals surface area contributed by atoms with Crippen LogP contribution in [0, 0.1) is 0 Å². The van der Waals surface area contributed by atoms with Gasteiger partial charge in [0.05, 0.1) is 16.1 Å². The van der Waals surface area contributed by atoms with E-state index in [0.29, 0.717) is 40.3 Å². The number of halogens is 2. The molecule has 0 spiro atoms. The molecule has 1 heterocycles. The second-order valence-corrected chi connectivity index (χ2v) is 6.91. The summed E-state index contributed by atoms with van der Waals surface area (Å²) < 4.78 is 11.1. The van der Waals surface area contributed by atoms with Gasteiger partial charge in [-0.15, -0.1) is 0 Å². The van der Waals surface area contributed by atoms with Crippen LogP contribution in [0.1, 0.15) is 29.8 Å². The molecule has 0 saturated carbocycles. The number of amides is 1. The van der Waals surface area contributed by atoms with Crippen LogP contribution in [0.2, 0.25) is 10.0 Å². The van der Waals surface area contributed by atoms with Gasteiger partial charge < -0.3 is 14.8 Å². The molecule has 3 rings (SSSR count). The molecule has 0 saturated heterocycles. The Morgan fingerprint density at radius 1 is 1.04 bits per heavy atom. The van der Waals surface area contributed by atoms with E-state index in [2.05, 4.69) is 5.32 Å². The van der Waals surface area contributed by atoms with E-state index in [-0.39, 0.29) is 5.91 Å². The molecule has 2 aromatic rings. The predicted molar refractivity (Wildman–Crippen MR) is 94.4 cm³/mol. The van der Waals surface area contributed by atoms with E-state index in [9.17, 15) is 4.79 Å². The minimum Gasteiger partial charge on any atom is -0.486 e. The Kier molecular flexibility index (Phi) is 4.61. The van der Waals surface area contributed by atoms with Crippen molar-refractivity contribution in [1.29, 1.82) is 0 Å². The lowest BCUT2D eigenvalue weighted by molar-refractivity contribution is 0.0912. The van der Waals surface area contributed by atoms with E-state index in [1.54, 1.807) is 18.2 Å². The van der Waals surface area contributed by atoms with Gasteiger partial charge in [0.25, 0.3) is 5.91 Å². The number of fused-ring (bicyclic) bond motifs is 1. The van der Waals surface area contributed by atoms with Crippen molar-refractivity contribution in [2.75, 3.05) is 13.2 Å². The zero-order chi connectivity index (χ0) is 17.3. The first-order valence-corrected chi connectivity index (χ1v) is 8.30. The lowest BCUT2D eigenvalue weighted by atomic mass is 9.93. The Morgan fingerprint density at radius 3 is 2.46 bits per heavy atom. The number of carbonyl (C=O) groups is 1. The highest BCUT2D eigenvalue weighted by Gasteiger charge is 2.26. The molecule has 2 aromatic carbocycles. The van der Waals surface area contributed by atoms with Crippen LogP contribution in [0.3, 0.4) is 0 Å². The van der Waals surface area contributed by atoms with E-state index in [4.69, 9.17) is 32.7 Å². The zero-order valence-corrected chi connectivity index (χ0v) is 14.9. The first-order valence-electron chi connectivity index (χ1n) is 7.54. The molecule has 4 nitrogen and oxygen atoms in total. The highest BCUT2D eigenvalue weighted by atomic mass is 35.5. The lowest BCUT2D eigenvalue weighted by Gasteiger charge is -2.29. The summed E-state index contributed by atoms with van der Waals surface area (Å²) in [5, 5.41) is 3.80. The Morgan fingerprint density at radius 2 is 1.75 bits per heavy atom. The predicted octanol–water partition coefficient (Wildman–Crippen LogP) is 4.43. The van der Waals surface area contributed by atoms with E-state index in [1.807, 2.05) is 32.0 Å². The SMILES string of the molecule is CC(C)(NC(=O)c1ccc(Cl)cc1Cl)c1ccc2c(c1)OCCO2. The normalized spacial score (nSPS) is 13.5. The maximum Gasteiger partial charge on any atom is 0.253 e. The highest BCUT2D eigenvalue weighted by molar-refractivity contribution is 6.36. The summed E-state index contributed by atoms with van der Waals surface area (Å²) in [6.45, 7) is 4.89. The Labute approximate surface area is 150 Å². The maximum absolute atomic E-state index is 12.6. The van der Waals surface area contributed by atoms with E-state index < -0.39 is 5.54 Å². The van der Waals surface area contributed by atoms with Crippen molar-refractivity contribution in [2.24, 2.45) is 0 Å². The highest BCUT2D eigenvalue weighted by Crippen LogP contribution is 2.34. The molecule has 1 amide bonds. The molecule has 0 bridgehead atoms. The molecule has 0 radical (unpaired) electrons. The molecule has 0 aromatic heterocycles.